The molecule has 0 bridgehead atoms. The number of thiophene rings is 1. The number of nitrogens with one attached hydrogen (secondary N) is 1. The van der Waals surface area contributed by atoms with Gasteiger partial charge in [-0.15, -0.1) is 11.3 Å². The van der Waals surface area contributed by atoms with Gasteiger partial charge in [-0.05, 0) is 42.3 Å². The monoisotopic (exact) mass is 390 g/mol. The predicted octanol–water partition coefficient (Wildman–Crippen LogP) is 4.20. The first-order chi connectivity index (χ1) is 12.5. The second-order valence-corrected chi connectivity index (χ2v) is 8.04. The lowest BCUT2D eigenvalue weighted by atomic mass is 10.0. The van der Waals surface area contributed by atoms with Crippen LogP contribution in [0.15, 0.2) is 41.8 Å². The highest BCUT2D eigenvalue weighted by molar-refractivity contribution is 7.10. The highest BCUT2D eigenvalue weighted by atomic mass is 35.5. The fraction of sp³-hybridized carbons (Fsp3) is 0.400. The molecular formula is C20H23ClN2O2S. The van der Waals surface area contributed by atoms with Gasteiger partial charge in [0.25, 0.3) is 0 Å². The van der Waals surface area contributed by atoms with Crippen molar-refractivity contribution >= 4 is 34.8 Å². The van der Waals surface area contributed by atoms with Crippen LogP contribution in [0.4, 0.5) is 0 Å². The van der Waals surface area contributed by atoms with E-state index in [2.05, 4.69) is 5.32 Å². The lowest BCUT2D eigenvalue weighted by Gasteiger charge is -2.27. The third kappa shape index (κ3) is 4.65. The van der Waals surface area contributed by atoms with Gasteiger partial charge < -0.3 is 10.2 Å². The molecule has 0 aliphatic carbocycles. The van der Waals surface area contributed by atoms with Crippen molar-refractivity contribution in [1.29, 1.82) is 0 Å². The molecule has 2 aromatic rings. The second kappa shape index (κ2) is 8.69. The van der Waals surface area contributed by atoms with Gasteiger partial charge in [-0.25, -0.2) is 0 Å². The van der Waals surface area contributed by atoms with Crippen molar-refractivity contribution in [3.63, 3.8) is 0 Å². The Morgan fingerprint density at radius 3 is 2.81 bits per heavy atom. The standard InChI is InChI=1S/C20H23ClN2O2S/c1-14(24)22-18(19-9-5-11-26-19)13-20(25)23-10-4-7-16(23)12-15-6-2-3-8-17(15)21/h2-3,5-6,8-9,11,16,18H,4,7,10,12-13H2,1H3,(H,22,24). The quantitative estimate of drug-likeness (QED) is 0.803. The summed E-state index contributed by atoms with van der Waals surface area (Å²) in [6.45, 7) is 2.26. The number of carbonyl (C=O) groups excluding carboxylic acids is 2. The van der Waals surface area contributed by atoms with Gasteiger partial charge in [-0.1, -0.05) is 35.9 Å². The van der Waals surface area contributed by atoms with E-state index in [-0.39, 0.29) is 23.9 Å². The maximum absolute atomic E-state index is 13.0. The molecule has 1 aromatic heterocycles. The molecule has 1 saturated heterocycles. The van der Waals surface area contributed by atoms with Crippen LogP contribution in [0.3, 0.4) is 0 Å². The Bertz CT molecular complexity index is 763. The van der Waals surface area contributed by atoms with Crippen molar-refractivity contribution in [2.75, 3.05) is 6.54 Å². The van der Waals surface area contributed by atoms with E-state index in [1.807, 2.05) is 46.7 Å². The number of hydrogen-bond donors (Lipinski definition) is 1. The molecule has 138 valence electrons. The Labute approximate surface area is 163 Å². The zero-order valence-electron chi connectivity index (χ0n) is 14.8. The SMILES string of the molecule is CC(=O)NC(CC(=O)N1CCCC1Cc1ccccc1Cl)c1cccs1. The average Bonchev–Trinajstić information content (AvgIpc) is 3.27. The van der Waals surface area contributed by atoms with Gasteiger partial charge in [-0.3, -0.25) is 9.59 Å². The van der Waals surface area contributed by atoms with Crippen LogP contribution in [0.2, 0.25) is 5.02 Å². The number of amides is 2. The largest absolute Gasteiger partial charge is 0.348 e. The highest BCUT2D eigenvalue weighted by Crippen LogP contribution is 2.28. The van der Waals surface area contributed by atoms with Crippen LogP contribution < -0.4 is 5.32 Å². The summed E-state index contributed by atoms with van der Waals surface area (Å²) in [5.74, 6) is -0.0306. The molecule has 1 aliphatic heterocycles. The summed E-state index contributed by atoms with van der Waals surface area (Å²) in [5, 5.41) is 5.63. The molecule has 1 N–H and O–H groups in total. The molecule has 1 aromatic carbocycles. The van der Waals surface area contributed by atoms with Crippen molar-refractivity contribution in [2.24, 2.45) is 0 Å². The van der Waals surface area contributed by atoms with Gasteiger partial charge in [0.2, 0.25) is 11.8 Å². The summed E-state index contributed by atoms with van der Waals surface area (Å²) in [5.41, 5.74) is 1.08. The molecule has 6 heteroatoms. The number of benzene rings is 1. The topological polar surface area (TPSA) is 49.4 Å². The maximum Gasteiger partial charge on any atom is 0.225 e. The summed E-state index contributed by atoms with van der Waals surface area (Å²) >= 11 is 7.85. The Kier molecular flexibility index (Phi) is 6.33. The van der Waals surface area contributed by atoms with Crippen LogP contribution in [0, 0.1) is 0 Å². The molecule has 3 rings (SSSR count). The minimum Gasteiger partial charge on any atom is -0.348 e. The van der Waals surface area contributed by atoms with Crippen molar-refractivity contribution < 1.29 is 9.59 Å². The molecule has 2 heterocycles. The first kappa shape index (κ1) is 18.9. The van der Waals surface area contributed by atoms with Gasteiger partial charge >= 0.3 is 0 Å². The van der Waals surface area contributed by atoms with Crippen LogP contribution >= 0.6 is 22.9 Å². The Hall–Kier alpha value is -1.85. The Morgan fingerprint density at radius 1 is 1.31 bits per heavy atom. The van der Waals surface area contributed by atoms with E-state index in [0.29, 0.717) is 6.42 Å². The van der Waals surface area contributed by atoms with Crippen molar-refractivity contribution in [2.45, 2.75) is 44.7 Å². The zero-order chi connectivity index (χ0) is 18.5. The molecule has 2 unspecified atom stereocenters. The summed E-state index contributed by atoms with van der Waals surface area (Å²) < 4.78 is 0. The molecular weight excluding hydrogens is 368 g/mol. The fourth-order valence-electron chi connectivity index (χ4n) is 3.54. The Morgan fingerprint density at radius 2 is 2.12 bits per heavy atom. The van der Waals surface area contributed by atoms with Crippen LogP contribution in [0.5, 0.6) is 0 Å². The molecule has 2 atom stereocenters. The maximum atomic E-state index is 13.0. The summed E-state index contributed by atoms with van der Waals surface area (Å²) in [4.78, 5) is 27.5. The number of carbonyl (C=O) groups is 2. The second-order valence-electron chi connectivity index (χ2n) is 6.65. The molecule has 0 radical (unpaired) electrons. The molecule has 2 amide bonds. The Balaban J connectivity index is 1.69. The van der Waals surface area contributed by atoms with E-state index in [1.165, 1.54) is 6.92 Å². The third-order valence-electron chi connectivity index (χ3n) is 4.75. The molecule has 1 fully saturated rings. The summed E-state index contributed by atoms with van der Waals surface area (Å²) in [7, 11) is 0. The van der Waals surface area contributed by atoms with E-state index < -0.39 is 0 Å². The van der Waals surface area contributed by atoms with E-state index in [4.69, 9.17) is 11.6 Å². The fourth-order valence-corrected chi connectivity index (χ4v) is 4.53. The lowest BCUT2D eigenvalue weighted by Crippen LogP contribution is -2.39. The number of halogens is 1. The third-order valence-corrected chi connectivity index (χ3v) is 6.11. The van der Waals surface area contributed by atoms with Crippen LogP contribution in [0.25, 0.3) is 0 Å². The number of nitrogens with zero attached hydrogens (tertiary/aromatic N) is 1. The van der Waals surface area contributed by atoms with Gasteiger partial charge in [0, 0.05) is 29.4 Å². The summed E-state index contributed by atoms with van der Waals surface area (Å²) in [6.07, 6.45) is 3.06. The zero-order valence-corrected chi connectivity index (χ0v) is 16.4. The molecule has 4 nitrogen and oxygen atoms in total. The number of rotatable bonds is 6. The first-order valence-electron chi connectivity index (χ1n) is 8.88. The molecule has 1 aliphatic rings. The summed E-state index contributed by atoms with van der Waals surface area (Å²) in [6, 6.07) is 11.6. The van der Waals surface area contributed by atoms with Crippen LogP contribution in [-0.4, -0.2) is 29.3 Å². The number of likely N-dealkylation sites (tertiary alicyclic amines) is 1. The van der Waals surface area contributed by atoms with Crippen LogP contribution in [-0.2, 0) is 16.0 Å². The molecule has 0 saturated carbocycles. The molecule has 26 heavy (non-hydrogen) atoms. The normalized spacial score (nSPS) is 17.9. The minimum absolute atomic E-state index is 0.0895. The first-order valence-corrected chi connectivity index (χ1v) is 10.1. The van der Waals surface area contributed by atoms with Crippen molar-refractivity contribution in [3.8, 4) is 0 Å². The van der Waals surface area contributed by atoms with Gasteiger partial charge in [0.05, 0.1) is 12.5 Å². The number of hydrogen-bond acceptors (Lipinski definition) is 3. The smallest absolute Gasteiger partial charge is 0.225 e. The molecule has 0 spiro atoms. The average molecular weight is 391 g/mol. The minimum atomic E-state index is -0.262. The predicted molar refractivity (Wildman–Crippen MR) is 105 cm³/mol. The van der Waals surface area contributed by atoms with E-state index in [1.54, 1.807) is 11.3 Å². The van der Waals surface area contributed by atoms with E-state index >= 15 is 0 Å². The highest BCUT2D eigenvalue weighted by Gasteiger charge is 2.31. The van der Waals surface area contributed by atoms with E-state index in [9.17, 15) is 9.59 Å². The van der Waals surface area contributed by atoms with Crippen molar-refractivity contribution in [3.05, 3.63) is 57.2 Å². The van der Waals surface area contributed by atoms with E-state index in [0.717, 1.165) is 41.3 Å². The van der Waals surface area contributed by atoms with Crippen LogP contribution in [0.1, 0.15) is 42.7 Å². The van der Waals surface area contributed by atoms with Gasteiger partial charge in [-0.2, -0.15) is 0 Å². The van der Waals surface area contributed by atoms with Gasteiger partial charge in [0.15, 0.2) is 0 Å². The lowest BCUT2D eigenvalue weighted by molar-refractivity contribution is -0.132. The van der Waals surface area contributed by atoms with Crippen molar-refractivity contribution in [1.82, 2.24) is 10.2 Å². The van der Waals surface area contributed by atoms with Gasteiger partial charge in [0.1, 0.15) is 0 Å².